The maximum Gasteiger partial charge on any atom is 0.360 e. The van der Waals surface area contributed by atoms with E-state index in [1.165, 1.54) is 13.3 Å². The van der Waals surface area contributed by atoms with Crippen molar-refractivity contribution < 1.29 is 14.6 Å². The standard InChI is InChI=1S/C6H5BrN2O3/c1-12-5-4(6(10)11)9-3(7)2-8-5/h2H,1H3,(H,10,11). The van der Waals surface area contributed by atoms with Crippen molar-refractivity contribution in [3.05, 3.63) is 16.5 Å². The molecule has 0 spiro atoms. The van der Waals surface area contributed by atoms with Gasteiger partial charge < -0.3 is 9.84 Å². The van der Waals surface area contributed by atoms with E-state index in [4.69, 9.17) is 5.11 Å². The van der Waals surface area contributed by atoms with Gasteiger partial charge in [-0.1, -0.05) is 0 Å². The summed E-state index contributed by atoms with van der Waals surface area (Å²) in [7, 11) is 1.34. The van der Waals surface area contributed by atoms with Gasteiger partial charge in [-0.3, -0.25) is 0 Å². The van der Waals surface area contributed by atoms with E-state index in [9.17, 15) is 4.79 Å². The van der Waals surface area contributed by atoms with E-state index in [1.54, 1.807) is 0 Å². The fraction of sp³-hybridized carbons (Fsp3) is 0.167. The van der Waals surface area contributed by atoms with E-state index in [2.05, 4.69) is 30.6 Å². The van der Waals surface area contributed by atoms with Crippen LogP contribution in [0.1, 0.15) is 10.5 Å². The third-order valence-corrected chi connectivity index (χ3v) is 1.49. The molecule has 0 bridgehead atoms. The van der Waals surface area contributed by atoms with E-state index in [0.29, 0.717) is 4.60 Å². The number of methoxy groups -OCH3 is 1. The Kier molecular flexibility index (Phi) is 2.59. The molecule has 6 heteroatoms. The van der Waals surface area contributed by atoms with Gasteiger partial charge in [-0.2, -0.15) is 0 Å². The zero-order valence-corrected chi connectivity index (χ0v) is 7.70. The minimum atomic E-state index is -1.17. The van der Waals surface area contributed by atoms with Crippen LogP contribution in [0.25, 0.3) is 0 Å². The van der Waals surface area contributed by atoms with Gasteiger partial charge in [0.1, 0.15) is 4.60 Å². The zero-order valence-electron chi connectivity index (χ0n) is 6.11. The molecule has 0 aliphatic heterocycles. The lowest BCUT2D eigenvalue weighted by Crippen LogP contribution is -2.05. The van der Waals surface area contributed by atoms with Crippen LogP contribution in [-0.2, 0) is 0 Å². The molecule has 1 N–H and O–H groups in total. The molecule has 0 aromatic carbocycles. The summed E-state index contributed by atoms with van der Waals surface area (Å²) in [5.74, 6) is -1.16. The van der Waals surface area contributed by atoms with Gasteiger partial charge in [0.2, 0.25) is 11.6 Å². The van der Waals surface area contributed by atoms with Crippen LogP contribution in [0.2, 0.25) is 0 Å². The first-order chi connectivity index (χ1) is 5.65. The molecule has 0 saturated heterocycles. The maximum absolute atomic E-state index is 10.5. The first-order valence-electron chi connectivity index (χ1n) is 2.95. The molecule has 5 nitrogen and oxygen atoms in total. The molecule has 0 aliphatic rings. The molecule has 1 aromatic rings. The molecule has 1 rings (SSSR count). The lowest BCUT2D eigenvalue weighted by atomic mass is 10.4. The first kappa shape index (κ1) is 8.92. The van der Waals surface area contributed by atoms with Crippen molar-refractivity contribution in [2.24, 2.45) is 0 Å². The van der Waals surface area contributed by atoms with E-state index in [0.717, 1.165) is 0 Å². The highest BCUT2D eigenvalue weighted by Gasteiger charge is 2.14. The Morgan fingerprint density at radius 1 is 1.75 bits per heavy atom. The van der Waals surface area contributed by atoms with Gasteiger partial charge in [0.25, 0.3) is 0 Å². The van der Waals surface area contributed by atoms with Crippen LogP contribution in [0.3, 0.4) is 0 Å². The number of nitrogens with zero attached hydrogens (tertiary/aromatic N) is 2. The summed E-state index contributed by atoms with van der Waals surface area (Å²) in [4.78, 5) is 17.9. The van der Waals surface area contributed by atoms with Crippen molar-refractivity contribution in [3.63, 3.8) is 0 Å². The molecule has 0 unspecified atom stereocenters. The number of carboxylic acid groups (broad SMARTS) is 1. The van der Waals surface area contributed by atoms with E-state index >= 15 is 0 Å². The van der Waals surface area contributed by atoms with Crippen molar-refractivity contribution in [1.82, 2.24) is 9.97 Å². The quantitative estimate of drug-likeness (QED) is 0.822. The molecule has 12 heavy (non-hydrogen) atoms. The molecule has 0 atom stereocenters. The van der Waals surface area contributed by atoms with E-state index in [-0.39, 0.29) is 11.6 Å². The average Bonchev–Trinajstić information content (AvgIpc) is 2.04. The Morgan fingerprint density at radius 2 is 2.42 bits per heavy atom. The highest BCUT2D eigenvalue weighted by molar-refractivity contribution is 9.10. The van der Waals surface area contributed by atoms with Gasteiger partial charge in [-0.15, -0.1) is 0 Å². The summed E-state index contributed by atoms with van der Waals surface area (Å²) in [6, 6.07) is 0. The SMILES string of the molecule is COc1ncc(Br)nc1C(=O)O. The summed E-state index contributed by atoms with van der Waals surface area (Å²) in [5, 5.41) is 8.62. The number of ether oxygens (including phenoxy) is 1. The molecule has 1 aromatic heterocycles. The second kappa shape index (κ2) is 3.48. The second-order valence-corrected chi connectivity index (χ2v) is 2.67. The third kappa shape index (κ3) is 1.70. The third-order valence-electron chi connectivity index (χ3n) is 1.11. The van der Waals surface area contributed by atoms with Gasteiger partial charge in [-0.25, -0.2) is 14.8 Å². The van der Waals surface area contributed by atoms with Crippen LogP contribution in [0.4, 0.5) is 0 Å². The Balaban J connectivity index is 3.21. The number of carboxylic acids is 1. The smallest absolute Gasteiger partial charge is 0.360 e. The number of halogens is 1. The maximum atomic E-state index is 10.5. The second-order valence-electron chi connectivity index (χ2n) is 1.86. The highest BCUT2D eigenvalue weighted by Crippen LogP contribution is 2.14. The minimum absolute atomic E-state index is 0.00528. The predicted octanol–water partition coefficient (Wildman–Crippen LogP) is 0.946. The van der Waals surface area contributed by atoms with E-state index < -0.39 is 5.97 Å². The Hall–Kier alpha value is -1.17. The number of aromatic nitrogens is 2. The Morgan fingerprint density at radius 3 is 2.92 bits per heavy atom. The van der Waals surface area contributed by atoms with Gasteiger partial charge in [0.15, 0.2) is 0 Å². The molecular formula is C6H5BrN2O3. The molecule has 0 saturated carbocycles. The number of rotatable bonds is 2. The van der Waals surface area contributed by atoms with Gasteiger partial charge in [0, 0.05) is 0 Å². The molecular weight excluding hydrogens is 228 g/mol. The fourth-order valence-electron chi connectivity index (χ4n) is 0.645. The topological polar surface area (TPSA) is 72.3 Å². The lowest BCUT2D eigenvalue weighted by molar-refractivity contribution is 0.0685. The molecule has 64 valence electrons. The van der Waals surface area contributed by atoms with Crippen molar-refractivity contribution >= 4 is 21.9 Å². The molecule has 0 amide bonds. The Labute approximate surface area is 76.5 Å². The minimum Gasteiger partial charge on any atom is -0.479 e. The summed E-state index contributed by atoms with van der Waals surface area (Å²) in [6.45, 7) is 0. The van der Waals surface area contributed by atoms with E-state index in [1.807, 2.05) is 0 Å². The van der Waals surface area contributed by atoms with Crippen LogP contribution < -0.4 is 4.74 Å². The van der Waals surface area contributed by atoms with Gasteiger partial charge >= 0.3 is 5.97 Å². The molecule has 0 fully saturated rings. The monoisotopic (exact) mass is 232 g/mol. The zero-order chi connectivity index (χ0) is 9.14. The number of hydrogen-bond acceptors (Lipinski definition) is 4. The lowest BCUT2D eigenvalue weighted by Gasteiger charge is -2.01. The molecule has 0 aliphatic carbocycles. The van der Waals surface area contributed by atoms with Crippen LogP contribution in [-0.4, -0.2) is 28.2 Å². The summed E-state index contributed by atoms with van der Waals surface area (Å²) >= 11 is 3.00. The predicted molar refractivity (Wildman–Crippen MR) is 43.2 cm³/mol. The normalized spacial score (nSPS) is 9.50. The van der Waals surface area contributed by atoms with Crippen LogP contribution >= 0.6 is 15.9 Å². The fourth-order valence-corrected chi connectivity index (χ4v) is 0.925. The largest absolute Gasteiger partial charge is 0.479 e. The van der Waals surface area contributed by atoms with Crippen LogP contribution in [0.15, 0.2) is 10.8 Å². The summed E-state index contributed by atoms with van der Waals surface area (Å²) in [5.41, 5.74) is -0.202. The van der Waals surface area contributed by atoms with Crippen molar-refractivity contribution in [2.75, 3.05) is 7.11 Å². The van der Waals surface area contributed by atoms with Crippen molar-refractivity contribution in [2.45, 2.75) is 0 Å². The van der Waals surface area contributed by atoms with Gasteiger partial charge in [-0.05, 0) is 15.9 Å². The summed E-state index contributed by atoms with van der Waals surface area (Å²) in [6.07, 6.45) is 1.37. The van der Waals surface area contributed by atoms with Crippen molar-refractivity contribution in [3.8, 4) is 5.88 Å². The van der Waals surface area contributed by atoms with Gasteiger partial charge in [0.05, 0.1) is 13.3 Å². The molecule has 0 radical (unpaired) electrons. The molecule has 1 heterocycles. The highest BCUT2D eigenvalue weighted by atomic mass is 79.9. The van der Waals surface area contributed by atoms with Crippen LogP contribution in [0, 0.1) is 0 Å². The van der Waals surface area contributed by atoms with Crippen molar-refractivity contribution in [1.29, 1.82) is 0 Å². The Bertz CT molecular complexity index is 316. The van der Waals surface area contributed by atoms with Crippen LogP contribution in [0.5, 0.6) is 5.88 Å². The number of carbonyl (C=O) groups is 1. The first-order valence-corrected chi connectivity index (χ1v) is 3.74. The number of hydrogen-bond donors (Lipinski definition) is 1. The average molecular weight is 233 g/mol. The number of aromatic carboxylic acids is 1. The summed E-state index contributed by atoms with van der Waals surface area (Å²) < 4.78 is 5.05.